The second-order valence-corrected chi connectivity index (χ2v) is 4.85. The lowest BCUT2D eigenvalue weighted by Gasteiger charge is -2.24. The zero-order valence-corrected chi connectivity index (χ0v) is 13.4. The molecule has 0 saturated heterocycles. The van der Waals surface area contributed by atoms with Gasteiger partial charge in [-0.1, -0.05) is 13.8 Å². The van der Waals surface area contributed by atoms with Crippen molar-refractivity contribution < 1.29 is 27.5 Å². The summed E-state index contributed by atoms with van der Waals surface area (Å²) in [5.74, 6) is -2.54. The molecule has 0 heterocycles. The van der Waals surface area contributed by atoms with Crippen molar-refractivity contribution >= 4 is 11.9 Å². The molecule has 0 saturated carbocycles. The summed E-state index contributed by atoms with van der Waals surface area (Å²) in [4.78, 5) is 25.2. The van der Waals surface area contributed by atoms with E-state index in [1.165, 1.54) is 0 Å². The van der Waals surface area contributed by atoms with E-state index >= 15 is 0 Å². The lowest BCUT2D eigenvalue weighted by atomic mass is 10.2. The first kappa shape index (κ1) is 20.7. The fraction of sp³-hybridized carbons (Fsp3) is 0.857. The van der Waals surface area contributed by atoms with Crippen molar-refractivity contribution in [2.45, 2.75) is 39.3 Å². The maximum absolute atomic E-state index is 12.5. The van der Waals surface area contributed by atoms with Crippen LogP contribution in [0.1, 0.15) is 33.1 Å². The van der Waals surface area contributed by atoms with Gasteiger partial charge >= 0.3 is 18.1 Å². The Hall–Kier alpha value is -1.31. The summed E-state index contributed by atoms with van der Waals surface area (Å²) in [6.45, 7) is 6.26. The Morgan fingerprint density at radius 2 is 1.55 bits per heavy atom. The first-order chi connectivity index (χ1) is 10.3. The fourth-order valence-corrected chi connectivity index (χ4v) is 2.00. The van der Waals surface area contributed by atoms with Crippen molar-refractivity contribution in [1.82, 2.24) is 9.80 Å². The Bertz CT molecular complexity index is 345. The van der Waals surface area contributed by atoms with E-state index in [9.17, 15) is 22.8 Å². The normalized spacial score (nSPS) is 11.6. The number of esters is 1. The van der Waals surface area contributed by atoms with Gasteiger partial charge in [-0.15, -0.1) is 0 Å². The molecule has 8 heteroatoms. The molecule has 0 aromatic rings. The maximum atomic E-state index is 12.5. The fourth-order valence-electron chi connectivity index (χ4n) is 2.00. The highest BCUT2D eigenvalue weighted by Gasteiger charge is 2.42. The van der Waals surface area contributed by atoms with Gasteiger partial charge in [0.05, 0.1) is 13.5 Å². The van der Waals surface area contributed by atoms with Crippen molar-refractivity contribution in [3.63, 3.8) is 0 Å². The van der Waals surface area contributed by atoms with Crippen LogP contribution in [0.2, 0.25) is 0 Å². The van der Waals surface area contributed by atoms with Gasteiger partial charge < -0.3 is 14.5 Å². The molecular formula is C14H25F3N2O3. The minimum absolute atomic E-state index is 0.0173. The summed E-state index contributed by atoms with van der Waals surface area (Å²) < 4.78 is 42.0. The van der Waals surface area contributed by atoms with Crippen LogP contribution in [0.25, 0.3) is 0 Å². The van der Waals surface area contributed by atoms with Gasteiger partial charge in [0.25, 0.3) is 0 Å². The van der Waals surface area contributed by atoms with Crippen molar-refractivity contribution in [3.05, 3.63) is 0 Å². The molecule has 0 aromatic heterocycles. The van der Waals surface area contributed by atoms with Crippen LogP contribution < -0.4 is 0 Å². The molecule has 0 spiro atoms. The third kappa shape index (κ3) is 8.21. The number of alkyl halides is 3. The van der Waals surface area contributed by atoms with Crippen LogP contribution >= 0.6 is 0 Å². The topological polar surface area (TPSA) is 49.9 Å². The molecule has 0 aliphatic carbocycles. The highest BCUT2D eigenvalue weighted by molar-refractivity contribution is 5.82. The number of nitrogens with zero attached hydrogens (tertiary/aromatic N) is 2. The van der Waals surface area contributed by atoms with Gasteiger partial charge in [-0.05, 0) is 32.5 Å². The molecule has 22 heavy (non-hydrogen) atoms. The van der Waals surface area contributed by atoms with Gasteiger partial charge in [-0.25, -0.2) is 0 Å². The number of carbonyl (C=O) groups is 2. The molecular weight excluding hydrogens is 301 g/mol. The SMILES string of the molecule is CCN(CC)CCCCN(CCC(=O)OC)C(=O)C(F)(F)F. The van der Waals surface area contributed by atoms with Crippen LogP contribution in [-0.4, -0.2) is 67.7 Å². The van der Waals surface area contributed by atoms with Gasteiger partial charge in [0.15, 0.2) is 0 Å². The average molecular weight is 326 g/mol. The van der Waals surface area contributed by atoms with Crippen molar-refractivity contribution in [2.75, 3.05) is 39.8 Å². The van der Waals surface area contributed by atoms with E-state index in [4.69, 9.17) is 0 Å². The second kappa shape index (κ2) is 10.4. The Morgan fingerprint density at radius 3 is 2.00 bits per heavy atom. The number of methoxy groups -OCH3 is 1. The van der Waals surface area contributed by atoms with E-state index in [-0.39, 0.29) is 19.5 Å². The molecule has 0 N–H and O–H groups in total. The Labute approximate surface area is 129 Å². The summed E-state index contributed by atoms with van der Waals surface area (Å²) in [5.41, 5.74) is 0. The van der Waals surface area contributed by atoms with Crippen LogP contribution in [0.3, 0.4) is 0 Å². The molecule has 130 valence electrons. The molecule has 0 atom stereocenters. The first-order valence-corrected chi connectivity index (χ1v) is 7.41. The van der Waals surface area contributed by atoms with Crippen LogP contribution in [-0.2, 0) is 14.3 Å². The molecule has 0 aromatic carbocycles. The van der Waals surface area contributed by atoms with Crippen LogP contribution in [0.15, 0.2) is 0 Å². The predicted molar refractivity (Wildman–Crippen MR) is 76.3 cm³/mol. The highest BCUT2D eigenvalue weighted by atomic mass is 19.4. The maximum Gasteiger partial charge on any atom is 0.471 e. The van der Waals surface area contributed by atoms with E-state index in [1.807, 2.05) is 13.8 Å². The quantitative estimate of drug-likeness (QED) is 0.455. The molecule has 0 aliphatic rings. The third-order valence-electron chi connectivity index (χ3n) is 3.39. The molecule has 0 rings (SSSR count). The molecule has 0 aliphatic heterocycles. The van der Waals surface area contributed by atoms with E-state index in [0.29, 0.717) is 17.7 Å². The summed E-state index contributed by atoms with van der Waals surface area (Å²) in [7, 11) is 1.16. The minimum atomic E-state index is -4.92. The molecule has 0 fully saturated rings. The van der Waals surface area contributed by atoms with Gasteiger partial charge in [0, 0.05) is 13.1 Å². The minimum Gasteiger partial charge on any atom is -0.469 e. The van der Waals surface area contributed by atoms with Crippen molar-refractivity contribution in [3.8, 4) is 0 Å². The summed E-state index contributed by atoms with van der Waals surface area (Å²) in [5, 5.41) is 0. The standard InChI is InChI=1S/C14H25F3N2O3/c1-4-18(5-2)9-6-7-10-19(11-8-12(20)22-3)13(21)14(15,16)17/h4-11H2,1-3H3. The average Bonchev–Trinajstić information content (AvgIpc) is 2.48. The Balaban J connectivity index is 4.41. The zero-order chi connectivity index (χ0) is 17.2. The summed E-state index contributed by atoms with van der Waals surface area (Å²) >= 11 is 0. The number of hydrogen-bond donors (Lipinski definition) is 0. The second-order valence-electron chi connectivity index (χ2n) is 4.85. The van der Waals surface area contributed by atoms with Gasteiger partial charge in [-0.3, -0.25) is 9.59 Å². The number of ether oxygens (including phenoxy) is 1. The smallest absolute Gasteiger partial charge is 0.469 e. The van der Waals surface area contributed by atoms with E-state index in [2.05, 4.69) is 9.64 Å². The van der Waals surface area contributed by atoms with Gasteiger partial charge in [-0.2, -0.15) is 13.2 Å². The number of rotatable bonds is 10. The Morgan fingerprint density at radius 1 is 1.00 bits per heavy atom. The van der Waals surface area contributed by atoms with Crippen molar-refractivity contribution in [2.24, 2.45) is 0 Å². The third-order valence-corrected chi connectivity index (χ3v) is 3.39. The number of carbonyl (C=O) groups excluding carboxylic acids is 2. The summed E-state index contributed by atoms with van der Waals surface area (Å²) in [6.07, 6.45) is -4.01. The van der Waals surface area contributed by atoms with E-state index in [0.717, 1.165) is 26.7 Å². The number of hydrogen-bond acceptors (Lipinski definition) is 4. The molecule has 5 nitrogen and oxygen atoms in total. The molecule has 0 unspecified atom stereocenters. The van der Waals surface area contributed by atoms with E-state index < -0.39 is 18.1 Å². The predicted octanol–water partition coefficient (Wildman–Crippen LogP) is 2.06. The number of amides is 1. The molecule has 0 radical (unpaired) electrons. The lowest BCUT2D eigenvalue weighted by molar-refractivity contribution is -0.185. The van der Waals surface area contributed by atoms with Crippen molar-refractivity contribution in [1.29, 1.82) is 0 Å². The van der Waals surface area contributed by atoms with E-state index in [1.54, 1.807) is 0 Å². The molecule has 1 amide bonds. The number of unbranched alkanes of at least 4 members (excludes halogenated alkanes) is 1. The Kier molecular flexibility index (Phi) is 9.80. The molecule has 0 bridgehead atoms. The van der Waals surface area contributed by atoms with Gasteiger partial charge in [0.1, 0.15) is 0 Å². The first-order valence-electron chi connectivity index (χ1n) is 7.41. The zero-order valence-electron chi connectivity index (χ0n) is 13.4. The van der Waals surface area contributed by atoms with Gasteiger partial charge in [0.2, 0.25) is 0 Å². The largest absolute Gasteiger partial charge is 0.471 e. The van der Waals surface area contributed by atoms with Crippen LogP contribution in [0, 0.1) is 0 Å². The lowest BCUT2D eigenvalue weighted by Crippen LogP contribution is -2.42. The summed E-state index contributed by atoms with van der Waals surface area (Å²) in [6, 6.07) is 0. The van der Waals surface area contributed by atoms with Crippen LogP contribution in [0.4, 0.5) is 13.2 Å². The monoisotopic (exact) mass is 326 g/mol. The van der Waals surface area contributed by atoms with Crippen LogP contribution in [0.5, 0.6) is 0 Å². The highest BCUT2D eigenvalue weighted by Crippen LogP contribution is 2.19. The number of halogens is 3.